The Bertz CT molecular complexity index is 923. The highest BCUT2D eigenvalue weighted by Crippen LogP contribution is 2.47. The molecule has 3 aliphatic rings. The normalized spacial score (nSPS) is 25.5. The van der Waals surface area contributed by atoms with Crippen molar-refractivity contribution in [1.82, 2.24) is 19.8 Å². The second-order valence-electron chi connectivity index (χ2n) is 8.11. The summed E-state index contributed by atoms with van der Waals surface area (Å²) in [4.78, 5) is 38.7. The number of ether oxygens (including phenoxy) is 1. The van der Waals surface area contributed by atoms with Crippen LogP contribution in [-0.2, 0) is 9.53 Å². The Morgan fingerprint density at radius 2 is 1.86 bits per heavy atom. The van der Waals surface area contributed by atoms with E-state index in [1.165, 1.54) is 0 Å². The summed E-state index contributed by atoms with van der Waals surface area (Å²) in [7, 11) is 0. The fraction of sp³-hybridized carbons (Fsp3) is 0.455. The number of benzene rings is 1. The summed E-state index contributed by atoms with van der Waals surface area (Å²) in [6.45, 7) is 2.95. The zero-order valence-electron chi connectivity index (χ0n) is 16.5. The zero-order chi connectivity index (χ0) is 20.0. The van der Waals surface area contributed by atoms with Gasteiger partial charge in [-0.2, -0.15) is 0 Å². The first-order valence-corrected chi connectivity index (χ1v) is 10.2. The van der Waals surface area contributed by atoms with Crippen molar-refractivity contribution in [2.75, 3.05) is 13.1 Å². The van der Waals surface area contributed by atoms with Crippen LogP contribution in [0.2, 0.25) is 0 Å². The Morgan fingerprint density at radius 3 is 2.55 bits per heavy atom. The lowest BCUT2D eigenvalue weighted by atomic mass is 9.89. The van der Waals surface area contributed by atoms with Crippen molar-refractivity contribution in [3.05, 3.63) is 59.7 Å². The molecule has 1 aromatic heterocycles. The highest BCUT2D eigenvalue weighted by molar-refractivity contribution is 5.95. The van der Waals surface area contributed by atoms with Crippen LogP contribution in [0, 0.1) is 6.92 Å². The molecule has 29 heavy (non-hydrogen) atoms. The van der Waals surface area contributed by atoms with Gasteiger partial charge < -0.3 is 14.5 Å². The van der Waals surface area contributed by atoms with Gasteiger partial charge in [-0.15, -0.1) is 0 Å². The average Bonchev–Trinajstić information content (AvgIpc) is 3.28. The molecular weight excluding hydrogens is 368 g/mol. The molecule has 7 heteroatoms. The number of carbonyl (C=O) groups excluding carboxylic acids is 2. The van der Waals surface area contributed by atoms with Crippen LogP contribution in [0.15, 0.2) is 42.7 Å². The number of aromatic nitrogens is 2. The van der Waals surface area contributed by atoms with Crippen molar-refractivity contribution in [2.45, 2.75) is 50.5 Å². The molecule has 0 radical (unpaired) electrons. The zero-order valence-corrected chi connectivity index (χ0v) is 16.5. The third-order valence-electron chi connectivity index (χ3n) is 6.34. The van der Waals surface area contributed by atoms with Gasteiger partial charge in [0.05, 0.1) is 23.6 Å². The number of hydrogen-bond acceptors (Lipinski definition) is 5. The smallest absolute Gasteiger partial charge is 0.257 e. The topological polar surface area (TPSA) is 75.6 Å². The molecule has 1 spiro atoms. The lowest BCUT2D eigenvalue weighted by molar-refractivity contribution is -0.142. The van der Waals surface area contributed by atoms with Crippen molar-refractivity contribution in [3.8, 4) is 0 Å². The molecule has 0 N–H and O–H groups in total. The highest BCUT2D eigenvalue weighted by atomic mass is 16.6. The lowest BCUT2D eigenvalue weighted by Crippen LogP contribution is -2.51. The van der Waals surface area contributed by atoms with Crippen LogP contribution in [0.3, 0.4) is 0 Å². The van der Waals surface area contributed by atoms with Crippen molar-refractivity contribution in [3.63, 3.8) is 0 Å². The first kappa shape index (κ1) is 18.2. The number of likely N-dealkylation sites (tertiary alicyclic amines) is 1. The van der Waals surface area contributed by atoms with E-state index in [4.69, 9.17) is 4.74 Å². The molecule has 2 atom stereocenters. The highest BCUT2D eigenvalue weighted by Gasteiger charge is 2.58. The van der Waals surface area contributed by atoms with E-state index in [1.807, 2.05) is 47.1 Å². The molecule has 7 nitrogen and oxygen atoms in total. The van der Waals surface area contributed by atoms with E-state index in [-0.39, 0.29) is 24.1 Å². The van der Waals surface area contributed by atoms with Gasteiger partial charge in [0.15, 0.2) is 5.60 Å². The Morgan fingerprint density at radius 1 is 1.10 bits per heavy atom. The number of carbonyl (C=O) groups is 2. The minimum absolute atomic E-state index is 0.0132. The molecule has 150 valence electrons. The molecule has 2 unspecified atom stereocenters. The maximum Gasteiger partial charge on any atom is 0.257 e. The van der Waals surface area contributed by atoms with E-state index in [9.17, 15) is 9.59 Å². The second-order valence-corrected chi connectivity index (χ2v) is 8.11. The first-order valence-electron chi connectivity index (χ1n) is 10.2. The molecule has 0 aliphatic carbocycles. The Hall–Kier alpha value is -2.80. The summed E-state index contributed by atoms with van der Waals surface area (Å²) in [5.74, 6) is 0.0541. The van der Waals surface area contributed by atoms with Gasteiger partial charge in [-0.25, -0.2) is 0 Å². The van der Waals surface area contributed by atoms with E-state index >= 15 is 0 Å². The Kier molecular flexibility index (Phi) is 4.35. The minimum Gasteiger partial charge on any atom is -0.342 e. The van der Waals surface area contributed by atoms with Crippen LogP contribution in [0.5, 0.6) is 0 Å². The van der Waals surface area contributed by atoms with E-state index in [1.54, 1.807) is 12.4 Å². The molecule has 4 heterocycles. The summed E-state index contributed by atoms with van der Waals surface area (Å²) in [5.41, 5.74) is 1.55. The van der Waals surface area contributed by atoms with Crippen LogP contribution in [0.25, 0.3) is 0 Å². The Labute approximate surface area is 169 Å². The summed E-state index contributed by atoms with van der Waals surface area (Å²) in [6.07, 6.45) is 6.01. The van der Waals surface area contributed by atoms with Crippen molar-refractivity contribution in [1.29, 1.82) is 0 Å². The second kappa shape index (κ2) is 6.91. The van der Waals surface area contributed by atoms with Crippen LogP contribution in [-0.4, -0.2) is 56.5 Å². The number of aryl methyl sites for hydroxylation is 1. The lowest BCUT2D eigenvalue weighted by Gasteiger charge is -2.37. The molecule has 3 aliphatic heterocycles. The molecular formula is C22H24N4O3. The van der Waals surface area contributed by atoms with Gasteiger partial charge in [0.2, 0.25) is 0 Å². The number of fused-ring (bicyclic) bond motifs is 1. The number of amides is 2. The van der Waals surface area contributed by atoms with Gasteiger partial charge in [0.1, 0.15) is 6.23 Å². The summed E-state index contributed by atoms with van der Waals surface area (Å²) < 4.78 is 6.33. The van der Waals surface area contributed by atoms with Crippen molar-refractivity contribution in [2.24, 2.45) is 0 Å². The predicted octanol–water partition coefficient (Wildman–Crippen LogP) is 2.48. The molecule has 3 fully saturated rings. The van der Waals surface area contributed by atoms with Gasteiger partial charge in [-0.1, -0.05) is 18.2 Å². The number of piperidine rings is 1. The number of rotatable bonds is 2. The average molecular weight is 392 g/mol. The van der Waals surface area contributed by atoms with Gasteiger partial charge in [-0.3, -0.25) is 19.6 Å². The maximum atomic E-state index is 13.4. The van der Waals surface area contributed by atoms with Gasteiger partial charge in [0.25, 0.3) is 11.8 Å². The number of nitrogens with zero attached hydrogens (tertiary/aromatic N) is 4. The molecule has 0 bridgehead atoms. The van der Waals surface area contributed by atoms with Gasteiger partial charge >= 0.3 is 0 Å². The fourth-order valence-corrected chi connectivity index (χ4v) is 4.74. The van der Waals surface area contributed by atoms with Crippen molar-refractivity contribution < 1.29 is 14.3 Å². The molecule has 3 saturated heterocycles. The minimum atomic E-state index is -0.811. The van der Waals surface area contributed by atoms with Gasteiger partial charge in [-0.05, 0) is 31.9 Å². The molecule has 1 aromatic carbocycles. The van der Waals surface area contributed by atoms with E-state index in [0.717, 1.165) is 24.2 Å². The molecule has 2 amide bonds. The van der Waals surface area contributed by atoms with Crippen LogP contribution >= 0.6 is 0 Å². The standard InChI is InChI=1S/C22H24N4O3/c1-15-13-24-17(14-23-15)18-7-8-19-26(18)21(28)22(29-19)9-11-25(12-10-22)20(27)16-5-3-2-4-6-16/h2-6,13-14,18-19H,7-12H2,1H3. The molecule has 5 rings (SSSR count). The summed E-state index contributed by atoms with van der Waals surface area (Å²) in [5, 5.41) is 0. The van der Waals surface area contributed by atoms with E-state index in [2.05, 4.69) is 9.97 Å². The summed E-state index contributed by atoms with van der Waals surface area (Å²) >= 11 is 0. The largest absolute Gasteiger partial charge is 0.342 e. The fourth-order valence-electron chi connectivity index (χ4n) is 4.74. The molecule has 2 aromatic rings. The summed E-state index contributed by atoms with van der Waals surface area (Å²) in [6, 6.07) is 9.20. The van der Waals surface area contributed by atoms with Crippen LogP contribution in [0.4, 0.5) is 0 Å². The monoisotopic (exact) mass is 392 g/mol. The van der Waals surface area contributed by atoms with E-state index < -0.39 is 5.60 Å². The SMILES string of the molecule is Cc1cnc(C2CCC3OC4(CCN(C(=O)c5ccccc5)CC4)C(=O)N32)cn1. The molecule has 0 saturated carbocycles. The van der Waals surface area contributed by atoms with E-state index in [0.29, 0.717) is 31.5 Å². The van der Waals surface area contributed by atoms with Gasteiger partial charge in [0, 0.05) is 37.7 Å². The third kappa shape index (κ3) is 3.00. The van der Waals surface area contributed by atoms with Crippen LogP contribution in [0.1, 0.15) is 53.5 Å². The van der Waals surface area contributed by atoms with Crippen molar-refractivity contribution >= 4 is 11.8 Å². The predicted molar refractivity (Wildman–Crippen MR) is 105 cm³/mol. The number of hydrogen-bond donors (Lipinski definition) is 0. The quantitative estimate of drug-likeness (QED) is 0.785. The first-order chi connectivity index (χ1) is 14.1. The maximum absolute atomic E-state index is 13.4. The Balaban J connectivity index is 1.30. The third-order valence-corrected chi connectivity index (χ3v) is 6.34. The van der Waals surface area contributed by atoms with Crippen LogP contribution < -0.4 is 0 Å².